The van der Waals surface area contributed by atoms with Gasteiger partial charge in [-0.05, 0) is 29.9 Å². The zero-order valence-electron chi connectivity index (χ0n) is 16.9. The summed E-state index contributed by atoms with van der Waals surface area (Å²) in [6, 6.07) is 8.46. The Hall–Kier alpha value is -1.76. The van der Waals surface area contributed by atoms with Crippen molar-refractivity contribution in [2.45, 2.75) is 30.7 Å². The normalized spacial score (nSPS) is 25.5. The number of urea groups is 1. The Morgan fingerprint density at radius 2 is 2.10 bits per heavy atom. The minimum atomic E-state index is -0.550. The van der Waals surface area contributed by atoms with Crippen molar-refractivity contribution < 1.29 is 9.90 Å². The van der Waals surface area contributed by atoms with Crippen LogP contribution in [0.25, 0.3) is 0 Å². The Balaban J connectivity index is 1.21. The van der Waals surface area contributed by atoms with Crippen LogP contribution < -0.4 is 5.32 Å². The van der Waals surface area contributed by atoms with Gasteiger partial charge in [0, 0.05) is 50.3 Å². The van der Waals surface area contributed by atoms with E-state index in [1.807, 2.05) is 16.7 Å². The van der Waals surface area contributed by atoms with Crippen molar-refractivity contribution in [1.29, 1.82) is 0 Å². The van der Waals surface area contributed by atoms with E-state index >= 15 is 0 Å². The molecule has 29 heavy (non-hydrogen) atoms. The fraction of sp³-hybridized carbons (Fsp3) is 0.522. The molecule has 1 unspecified atom stereocenters. The molecule has 0 aromatic heterocycles. The van der Waals surface area contributed by atoms with Crippen LogP contribution in [0.1, 0.15) is 17.5 Å². The SMILES string of the molecule is O=C(NC[C@H](O)CN1CCc2ccccc2C1)N1CCS[C@@H](C2C=CC=CC2)C1. The number of nitrogens with one attached hydrogen (secondary N) is 1. The average molecular weight is 414 g/mol. The second kappa shape index (κ2) is 9.83. The highest BCUT2D eigenvalue weighted by Crippen LogP contribution is 2.30. The highest BCUT2D eigenvalue weighted by atomic mass is 32.2. The molecule has 3 aliphatic rings. The lowest BCUT2D eigenvalue weighted by Gasteiger charge is -2.36. The van der Waals surface area contributed by atoms with Crippen molar-refractivity contribution >= 4 is 17.8 Å². The smallest absolute Gasteiger partial charge is 0.317 e. The van der Waals surface area contributed by atoms with Gasteiger partial charge in [0.2, 0.25) is 0 Å². The summed E-state index contributed by atoms with van der Waals surface area (Å²) < 4.78 is 0. The standard InChI is InChI=1S/C23H31N3O2S/c27-21(16-25-11-10-18-6-4-5-9-20(18)15-25)14-24-23(28)26-12-13-29-22(17-26)19-7-2-1-3-8-19/h1-7,9,19,21-22,27H,8,10-17H2,(H,24,28)/t19?,21-,22+/m0/s1. The number of hydrogen-bond donors (Lipinski definition) is 2. The fourth-order valence-electron chi connectivity index (χ4n) is 4.38. The second-order valence-corrected chi connectivity index (χ2v) is 9.51. The predicted molar refractivity (Wildman–Crippen MR) is 119 cm³/mol. The first-order valence-corrected chi connectivity index (χ1v) is 11.7. The van der Waals surface area contributed by atoms with Crippen molar-refractivity contribution in [2.24, 2.45) is 5.92 Å². The summed E-state index contributed by atoms with van der Waals surface area (Å²) in [6.45, 7) is 4.27. The molecule has 156 valence electrons. The summed E-state index contributed by atoms with van der Waals surface area (Å²) in [7, 11) is 0. The Bertz CT molecular complexity index is 766. The third kappa shape index (κ3) is 5.44. The molecule has 4 rings (SSSR count). The molecule has 0 spiro atoms. The number of benzene rings is 1. The van der Waals surface area contributed by atoms with E-state index in [0.717, 1.165) is 44.8 Å². The van der Waals surface area contributed by atoms with Gasteiger partial charge in [-0.15, -0.1) is 0 Å². The quantitative estimate of drug-likeness (QED) is 0.779. The molecule has 0 bridgehead atoms. The van der Waals surface area contributed by atoms with Crippen LogP contribution in [0.3, 0.4) is 0 Å². The number of nitrogens with zero attached hydrogens (tertiary/aromatic N) is 2. The summed E-state index contributed by atoms with van der Waals surface area (Å²) in [5, 5.41) is 13.9. The van der Waals surface area contributed by atoms with Crippen LogP contribution in [0.2, 0.25) is 0 Å². The lowest BCUT2D eigenvalue weighted by molar-refractivity contribution is 0.103. The molecule has 3 atom stereocenters. The van der Waals surface area contributed by atoms with Crippen molar-refractivity contribution in [1.82, 2.24) is 15.1 Å². The molecule has 1 fully saturated rings. The lowest BCUT2D eigenvalue weighted by atomic mass is 9.96. The van der Waals surface area contributed by atoms with Crippen LogP contribution in [0.5, 0.6) is 0 Å². The molecule has 0 radical (unpaired) electrons. The molecular formula is C23H31N3O2S. The first-order chi connectivity index (χ1) is 14.2. The van der Waals surface area contributed by atoms with Crippen LogP contribution in [-0.4, -0.2) is 70.8 Å². The Labute approximate surface area is 177 Å². The van der Waals surface area contributed by atoms with Crippen molar-refractivity contribution in [3.63, 3.8) is 0 Å². The van der Waals surface area contributed by atoms with Crippen LogP contribution in [-0.2, 0) is 13.0 Å². The van der Waals surface area contributed by atoms with E-state index in [4.69, 9.17) is 0 Å². The van der Waals surface area contributed by atoms with Crippen LogP contribution in [0.15, 0.2) is 48.6 Å². The van der Waals surface area contributed by atoms with Gasteiger partial charge < -0.3 is 15.3 Å². The van der Waals surface area contributed by atoms with E-state index in [1.165, 1.54) is 11.1 Å². The van der Waals surface area contributed by atoms with E-state index < -0.39 is 6.10 Å². The van der Waals surface area contributed by atoms with Crippen molar-refractivity contribution in [3.8, 4) is 0 Å². The number of thioether (sulfide) groups is 1. The third-order valence-electron chi connectivity index (χ3n) is 6.04. The van der Waals surface area contributed by atoms with E-state index in [9.17, 15) is 9.90 Å². The Morgan fingerprint density at radius 1 is 1.24 bits per heavy atom. The average Bonchev–Trinajstić information content (AvgIpc) is 2.78. The molecule has 1 aromatic carbocycles. The van der Waals surface area contributed by atoms with Gasteiger partial charge in [0.25, 0.3) is 0 Å². The zero-order chi connectivity index (χ0) is 20.1. The highest BCUT2D eigenvalue weighted by Gasteiger charge is 2.29. The topological polar surface area (TPSA) is 55.8 Å². The number of β-amino-alcohol motifs (C(OH)–C–C–N with tert-alkyl or cyclic N) is 1. The number of fused-ring (bicyclic) bond motifs is 1. The summed E-state index contributed by atoms with van der Waals surface area (Å²) in [5.41, 5.74) is 2.76. The molecule has 1 saturated heterocycles. The minimum absolute atomic E-state index is 0.0475. The fourth-order valence-corrected chi connectivity index (χ4v) is 5.75. The van der Waals surface area contributed by atoms with Crippen molar-refractivity contribution in [3.05, 3.63) is 59.7 Å². The Morgan fingerprint density at radius 3 is 2.93 bits per heavy atom. The number of aliphatic hydroxyl groups is 1. The van der Waals surface area contributed by atoms with Gasteiger partial charge in [-0.2, -0.15) is 11.8 Å². The highest BCUT2D eigenvalue weighted by molar-refractivity contribution is 8.00. The number of hydrogen-bond acceptors (Lipinski definition) is 4. The molecule has 2 N–H and O–H groups in total. The number of rotatable bonds is 5. The molecular weight excluding hydrogens is 382 g/mol. The maximum absolute atomic E-state index is 12.6. The van der Waals surface area contributed by atoms with Gasteiger partial charge >= 0.3 is 6.03 Å². The zero-order valence-corrected chi connectivity index (χ0v) is 17.7. The largest absolute Gasteiger partial charge is 0.390 e. The van der Waals surface area contributed by atoms with Gasteiger partial charge in [-0.25, -0.2) is 4.79 Å². The Kier molecular flexibility index (Phi) is 6.95. The van der Waals surface area contributed by atoms with E-state index in [0.29, 0.717) is 24.3 Å². The summed E-state index contributed by atoms with van der Waals surface area (Å²) in [5.74, 6) is 1.48. The number of carbonyl (C=O) groups is 1. The maximum Gasteiger partial charge on any atom is 0.317 e. The minimum Gasteiger partial charge on any atom is -0.390 e. The van der Waals surface area contributed by atoms with Crippen LogP contribution >= 0.6 is 11.8 Å². The number of aliphatic hydroxyl groups excluding tert-OH is 1. The summed E-state index contributed by atoms with van der Waals surface area (Å²) >= 11 is 1.97. The number of carbonyl (C=O) groups excluding carboxylic acids is 1. The maximum atomic E-state index is 12.6. The molecule has 6 heteroatoms. The first kappa shape index (κ1) is 20.5. The monoisotopic (exact) mass is 413 g/mol. The van der Waals surface area contributed by atoms with E-state index in [1.54, 1.807) is 0 Å². The summed E-state index contributed by atoms with van der Waals surface area (Å²) in [6.07, 6.45) is 10.2. The molecule has 2 amide bonds. The van der Waals surface area contributed by atoms with Gasteiger partial charge in [-0.1, -0.05) is 48.6 Å². The third-order valence-corrected chi connectivity index (χ3v) is 7.38. The number of amides is 2. The molecule has 2 heterocycles. The van der Waals surface area contributed by atoms with Gasteiger partial charge in [0.1, 0.15) is 0 Å². The number of allylic oxidation sites excluding steroid dienone is 4. The molecule has 1 aliphatic carbocycles. The van der Waals surface area contributed by atoms with Gasteiger partial charge in [-0.3, -0.25) is 4.90 Å². The van der Waals surface area contributed by atoms with Gasteiger partial charge in [0.15, 0.2) is 0 Å². The van der Waals surface area contributed by atoms with Crippen LogP contribution in [0.4, 0.5) is 4.79 Å². The molecule has 1 aromatic rings. The van der Waals surface area contributed by atoms with E-state index in [-0.39, 0.29) is 6.03 Å². The molecule has 0 saturated carbocycles. The molecule has 2 aliphatic heterocycles. The second-order valence-electron chi connectivity index (χ2n) is 8.16. The first-order valence-electron chi connectivity index (χ1n) is 10.6. The van der Waals surface area contributed by atoms with Crippen LogP contribution in [0, 0.1) is 5.92 Å². The predicted octanol–water partition coefficient (Wildman–Crippen LogP) is 2.66. The lowest BCUT2D eigenvalue weighted by Crippen LogP contribution is -2.50. The summed E-state index contributed by atoms with van der Waals surface area (Å²) in [4.78, 5) is 16.8. The van der Waals surface area contributed by atoms with E-state index in [2.05, 4.69) is 58.8 Å². The van der Waals surface area contributed by atoms with Gasteiger partial charge in [0.05, 0.1) is 6.10 Å². The molecule has 5 nitrogen and oxygen atoms in total. The van der Waals surface area contributed by atoms with Crippen molar-refractivity contribution in [2.75, 3.05) is 38.5 Å².